The number of unbranched alkanes of at least 4 members (excludes halogenated alkanes) is 11. The highest BCUT2D eigenvalue weighted by Gasteiger charge is 2.28. The Morgan fingerprint density at radius 2 is 1.13 bits per heavy atom. The van der Waals surface area contributed by atoms with E-state index in [0.717, 1.165) is 70.6 Å². The molecular weight excluding hydrogens is 683 g/mol. The van der Waals surface area contributed by atoms with Crippen LogP contribution in [-0.4, -0.2) is 73.4 Å². The lowest BCUT2D eigenvalue weighted by molar-refractivity contribution is -0.870. The van der Waals surface area contributed by atoms with Crippen molar-refractivity contribution in [2.75, 3.05) is 40.9 Å². The number of nitrogens with zero attached hydrogens (tertiary/aromatic N) is 1. The van der Waals surface area contributed by atoms with Crippen molar-refractivity contribution in [3.63, 3.8) is 0 Å². The van der Waals surface area contributed by atoms with Crippen LogP contribution in [0.25, 0.3) is 0 Å². The first-order chi connectivity index (χ1) is 25.5. The van der Waals surface area contributed by atoms with Gasteiger partial charge in [0, 0.05) is 6.42 Å². The number of amides is 1. The number of carbonyl (C=O) groups excluding carboxylic acids is 1. The zero-order valence-corrected chi connectivity index (χ0v) is 35.4. The molecule has 8 nitrogen and oxygen atoms in total. The molecule has 0 aliphatic rings. The van der Waals surface area contributed by atoms with Gasteiger partial charge in [-0.3, -0.25) is 13.8 Å². The normalized spacial score (nSPS) is 15.2. The van der Waals surface area contributed by atoms with Crippen LogP contribution in [0.2, 0.25) is 0 Å². The molecule has 3 N–H and O–H groups in total. The summed E-state index contributed by atoms with van der Waals surface area (Å²) in [5.74, 6) is -0.192. The van der Waals surface area contributed by atoms with E-state index in [-0.39, 0.29) is 19.1 Å². The summed E-state index contributed by atoms with van der Waals surface area (Å²) in [6, 6.07) is -0.785. The molecule has 0 spiro atoms. The van der Waals surface area contributed by atoms with Gasteiger partial charge >= 0.3 is 7.82 Å². The number of likely N-dealkylation sites (N-methyl/N-ethyl adjacent to an activating group) is 1. The van der Waals surface area contributed by atoms with Crippen LogP contribution in [0, 0.1) is 0 Å². The fourth-order valence-corrected chi connectivity index (χ4v) is 6.14. The van der Waals surface area contributed by atoms with Crippen molar-refractivity contribution in [1.82, 2.24) is 5.32 Å². The molecule has 0 saturated carbocycles. The van der Waals surface area contributed by atoms with E-state index in [9.17, 15) is 19.4 Å². The van der Waals surface area contributed by atoms with Gasteiger partial charge in [-0.05, 0) is 64.2 Å². The zero-order valence-electron chi connectivity index (χ0n) is 34.5. The monoisotopic (exact) mass is 764 g/mol. The molecule has 0 aliphatic heterocycles. The molecule has 3 unspecified atom stereocenters. The minimum Gasteiger partial charge on any atom is -0.391 e. The highest BCUT2D eigenvalue weighted by Crippen LogP contribution is 2.43. The summed E-state index contributed by atoms with van der Waals surface area (Å²) in [5.41, 5.74) is 0. The van der Waals surface area contributed by atoms with Gasteiger partial charge in [0.2, 0.25) is 5.91 Å². The number of phosphoric acid groups is 1. The maximum atomic E-state index is 12.8. The number of allylic oxidation sites excluding steroid dienone is 12. The van der Waals surface area contributed by atoms with Gasteiger partial charge in [-0.15, -0.1) is 0 Å². The fourth-order valence-electron chi connectivity index (χ4n) is 5.40. The van der Waals surface area contributed by atoms with Gasteiger partial charge in [0.05, 0.1) is 39.9 Å². The Bertz CT molecular complexity index is 1090. The van der Waals surface area contributed by atoms with E-state index in [2.05, 4.69) is 92.1 Å². The summed E-state index contributed by atoms with van der Waals surface area (Å²) in [6.45, 7) is 4.69. The van der Waals surface area contributed by atoms with Gasteiger partial charge in [-0.2, -0.15) is 0 Å². The van der Waals surface area contributed by atoms with Crippen molar-refractivity contribution in [2.24, 2.45) is 0 Å². The Kier molecular flexibility index (Phi) is 34.2. The molecule has 0 aliphatic carbocycles. The van der Waals surface area contributed by atoms with Gasteiger partial charge in [0.1, 0.15) is 13.2 Å². The first-order valence-corrected chi connectivity index (χ1v) is 22.3. The molecule has 0 radical (unpaired) electrons. The summed E-state index contributed by atoms with van der Waals surface area (Å²) >= 11 is 0. The molecule has 0 fully saturated rings. The van der Waals surface area contributed by atoms with Crippen LogP contribution in [-0.2, 0) is 18.4 Å². The van der Waals surface area contributed by atoms with Crippen LogP contribution in [0.5, 0.6) is 0 Å². The smallest absolute Gasteiger partial charge is 0.391 e. The lowest BCUT2D eigenvalue weighted by Crippen LogP contribution is -2.46. The van der Waals surface area contributed by atoms with Crippen molar-refractivity contribution < 1.29 is 32.9 Å². The molecule has 3 atom stereocenters. The average Bonchev–Trinajstić information content (AvgIpc) is 3.10. The molecule has 9 heteroatoms. The van der Waals surface area contributed by atoms with E-state index in [1.165, 1.54) is 44.9 Å². The number of aliphatic hydroxyl groups is 1. The third-order valence-electron chi connectivity index (χ3n) is 8.72. The maximum absolute atomic E-state index is 12.8. The van der Waals surface area contributed by atoms with Crippen LogP contribution < -0.4 is 5.32 Å². The lowest BCUT2D eigenvalue weighted by Gasteiger charge is -2.26. The molecular formula is C44H80N2O6P+. The Labute approximate surface area is 325 Å². The van der Waals surface area contributed by atoms with E-state index in [1.807, 2.05) is 21.1 Å². The Hall–Kier alpha value is -2.06. The summed E-state index contributed by atoms with van der Waals surface area (Å²) in [5, 5.41) is 13.8. The van der Waals surface area contributed by atoms with Crippen molar-refractivity contribution in [3.8, 4) is 0 Å². The number of nitrogens with one attached hydrogen (secondary N) is 1. The molecule has 0 bridgehead atoms. The van der Waals surface area contributed by atoms with E-state index in [0.29, 0.717) is 30.3 Å². The second-order valence-electron chi connectivity index (χ2n) is 15.0. The highest BCUT2D eigenvalue weighted by atomic mass is 31.2. The van der Waals surface area contributed by atoms with Crippen molar-refractivity contribution >= 4 is 13.7 Å². The molecule has 0 saturated heterocycles. The first-order valence-electron chi connectivity index (χ1n) is 20.8. The van der Waals surface area contributed by atoms with Crippen LogP contribution in [0.4, 0.5) is 0 Å². The molecule has 0 heterocycles. The second kappa shape index (κ2) is 35.6. The largest absolute Gasteiger partial charge is 0.472 e. The minimum absolute atomic E-state index is 0.0617. The Balaban J connectivity index is 4.47. The van der Waals surface area contributed by atoms with Gasteiger partial charge in [0.25, 0.3) is 0 Å². The quantitative estimate of drug-likeness (QED) is 0.0254. The lowest BCUT2D eigenvalue weighted by atomic mass is 10.0. The number of hydrogen-bond acceptors (Lipinski definition) is 5. The molecule has 0 aromatic rings. The average molecular weight is 764 g/mol. The molecule has 306 valence electrons. The molecule has 0 rings (SSSR count). The van der Waals surface area contributed by atoms with Gasteiger partial charge in [-0.1, -0.05) is 151 Å². The molecule has 53 heavy (non-hydrogen) atoms. The number of aliphatic hydroxyl groups excluding tert-OH is 1. The summed E-state index contributed by atoms with van der Waals surface area (Å²) < 4.78 is 23.5. The van der Waals surface area contributed by atoms with Crippen LogP contribution in [0.3, 0.4) is 0 Å². The summed E-state index contributed by atoms with van der Waals surface area (Å²) in [4.78, 5) is 23.0. The van der Waals surface area contributed by atoms with E-state index in [1.54, 1.807) is 0 Å². The third kappa shape index (κ3) is 38.0. The predicted molar refractivity (Wildman–Crippen MR) is 226 cm³/mol. The number of carbonyl (C=O) groups is 1. The first kappa shape index (κ1) is 50.9. The predicted octanol–water partition coefficient (Wildman–Crippen LogP) is 11.2. The highest BCUT2D eigenvalue weighted by molar-refractivity contribution is 7.47. The van der Waals surface area contributed by atoms with Crippen molar-refractivity contribution in [3.05, 3.63) is 72.9 Å². The summed E-state index contributed by atoms with van der Waals surface area (Å²) in [6.07, 6.45) is 46.5. The molecule has 0 aromatic carbocycles. The standard InChI is InChI=1S/C44H79N2O6P/c1-6-8-10-12-14-16-18-19-20-21-22-23-24-25-26-27-28-30-32-34-36-38-44(48)45-42(41-52-53(49,50)51-40-39-46(3,4)5)43(47)37-35-33-31-29-17-15-13-11-9-7-2/h8,10,14,16,19-20,22-23,25-26,28,30,42-43,47H,6-7,9,11-13,15,17-18,21,24,27,29,31-41H2,1-5H3,(H-,45,48,49,50)/p+1/b10-8-,16-14-,20-19-,23-22-,26-25-,30-28-. The van der Waals surface area contributed by atoms with Crippen LogP contribution in [0.15, 0.2) is 72.9 Å². The van der Waals surface area contributed by atoms with Crippen LogP contribution in [0.1, 0.15) is 149 Å². The number of quaternary nitrogens is 1. The Morgan fingerprint density at radius 3 is 1.62 bits per heavy atom. The van der Waals surface area contributed by atoms with Gasteiger partial charge in [-0.25, -0.2) is 4.57 Å². The van der Waals surface area contributed by atoms with E-state index >= 15 is 0 Å². The van der Waals surface area contributed by atoms with Gasteiger partial charge < -0.3 is 19.8 Å². The minimum atomic E-state index is -4.32. The van der Waals surface area contributed by atoms with Gasteiger partial charge in [0.15, 0.2) is 0 Å². The zero-order chi connectivity index (χ0) is 39.3. The van der Waals surface area contributed by atoms with E-state index < -0.39 is 20.0 Å². The molecule has 1 amide bonds. The molecule has 0 aromatic heterocycles. The third-order valence-corrected chi connectivity index (χ3v) is 9.70. The van der Waals surface area contributed by atoms with Crippen molar-refractivity contribution in [1.29, 1.82) is 0 Å². The number of hydrogen-bond donors (Lipinski definition) is 3. The van der Waals surface area contributed by atoms with E-state index in [4.69, 9.17) is 9.05 Å². The van der Waals surface area contributed by atoms with Crippen molar-refractivity contribution in [2.45, 2.75) is 161 Å². The van der Waals surface area contributed by atoms with Crippen LogP contribution >= 0.6 is 7.82 Å². The number of phosphoric ester groups is 1. The summed E-state index contributed by atoms with van der Waals surface area (Å²) in [7, 11) is 1.57. The number of rotatable bonds is 36. The fraction of sp³-hybridized carbons (Fsp3) is 0.705. The Morgan fingerprint density at radius 1 is 0.660 bits per heavy atom. The maximum Gasteiger partial charge on any atom is 0.472 e. The second-order valence-corrected chi connectivity index (χ2v) is 16.4. The topological polar surface area (TPSA) is 105 Å². The SMILES string of the molecule is CC/C=C\C/C=C\C/C=C\C/C=C\C/C=C\C/C=C\CCCCC(=O)NC(COP(=O)(O)OCC[N+](C)(C)C)C(O)CCCCCCCCCCCC.